The number of nitrogens with zero attached hydrogens (tertiary/aromatic N) is 2. The van der Waals surface area contributed by atoms with E-state index in [1.807, 2.05) is 5.38 Å². The molecule has 0 fully saturated rings. The van der Waals surface area contributed by atoms with Crippen LogP contribution in [0.3, 0.4) is 0 Å². The molecule has 3 aromatic rings. The Morgan fingerprint density at radius 2 is 2.23 bits per heavy atom. The zero-order valence-corrected chi connectivity index (χ0v) is 12.5. The molecule has 2 aromatic heterocycles. The summed E-state index contributed by atoms with van der Waals surface area (Å²) in [5.74, 6) is -2.12. The fraction of sp³-hybridized carbons (Fsp3) is 0. The Hall–Kier alpha value is -2.25. The summed E-state index contributed by atoms with van der Waals surface area (Å²) in [6.07, 6.45) is 4.46. The molecule has 0 spiro atoms. The number of halogens is 3. The third-order valence-corrected chi connectivity index (χ3v) is 3.87. The zero-order valence-electron chi connectivity index (χ0n) is 10.9. The van der Waals surface area contributed by atoms with E-state index >= 15 is 0 Å². The number of aromatic nitrogens is 2. The van der Waals surface area contributed by atoms with Crippen molar-refractivity contribution in [2.45, 2.75) is 0 Å². The van der Waals surface area contributed by atoms with E-state index in [0.717, 1.165) is 12.1 Å². The minimum Gasteiger partial charge on any atom is -0.320 e. The normalized spacial score (nSPS) is 11.4. The van der Waals surface area contributed by atoms with Crippen LogP contribution in [0.25, 0.3) is 11.0 Å². The highest BCUT2D eigenvalue weighted by Gasteiger charge is 2.10. The molecule has 0 saturated heterocycles. The van der Waals surface area contributed by atoms with Crippen LogP contribution >= 0.6 is 22.9 Å². The predicted molar refractivity (Wildman–Crippen MR) is 82.1 cm³/mol. The largest absolute Gasteiger partial charge is 0.320 e. The van der Waals surface area contributed by atoms with Crippen molar-refractivity contribution < 1.29 is 13.6 Å². The summed E-state index contributed by atoms with van der Waals surface area (Å²) in [5, 5.41) is 4.43. The molecular weight excluding hydrogens is 332 g/mol. The van der Waals surface area contributed by atoms with Crippen LogP contribution in [0.15, 0.2) is 35.9 Å². The minimum atomic E-state index is -0.843. The standard InChI is InChI=1S/C14H8ClF2N3OS/c15-13-11(20-5-6-22-14(20)19-13)3-4-12(21)18-10-2-1-8(16)7-9(10)17/h1-7H,(H,18,21)/b4-3+. The fourth-order valence-corrected chi connectivity index (χ4v) is 2.85. The van der Waals surface area contributed by atoms with Crippen LogP contribution in [0, 0.1) is 11.6 Å². The lowest BCUT2D eigenvalue weighted by atomic mass is 10.3. The monoisotopic (exact) mass is 339 g/mol. The second kappa shape index (κ2) is 5.86. The Labute approximate surface area is 132 Å². The number of imidazole rings is 1. The maximum Gasteiger partial charge on any atom is 0.248 e. The van der Waals surface area contributed by atoms with Crippen LogP contribution in [-0.4, -0.2) is 15.3 Å². The first kappa shape index (κ1) is 14.7. The van der Waals surface area contributed by atoms with E-state index in [0.29, 0.717) is 16.7 Å². The summed E-state index contributed by atoms with van der Waals surface area (Å²) < 4.78 is 28.0. The summed E-state index contributed by atoms with van der Waals surface area (Å²) in [6, 6.07) is 2.91. The molecule has 0 saturated carbocycles. The summed E-state index contributed by atoms with van der Waals surface area (Å²) in [4.78, 5) is 16.6. The first-order chi connectivity index (χ1) is 10.5. The zero-order chi connectivity index (χ0) is 15.7. The van der Waals surface area contributed by atoms with Crippen molar-refractivity contribution >= 4 is 45.6 Å². The van der Waals surface area contributed by atoms with E-state index in [1.54, 1.807) is 10.6 Å². The van der Waals surface area contributed by atoms with Gasteiger partial charge < -0.3 is 5.32 Å². The molecule has 22 heavy (non-hydrogen) atoms. The quantitative estimate of drug-likeness (QED) is 0.734. The van der Waals surface area contributed by atoms with Crippen LogP contribution < -0.4 is 5.32 Å². The van der Waals surface area contributed by atoms with Gasteiger partial charge in [-0.2, -0.15) is 0 Å². The van der Waals surface area contributed by atoms with Crippen LogP contribution in [-0.2, 0) is 4.79 Å². The number of hydrogen-bond acceptors (Lipinski definition) is 3. The molecule has 3 rings (SSSR count). The maximum absolute atomic E-state index is 13.4. The van der Waals surface area contributed by atoms with Crippen molar-refractivity contribution in [2.24, 2.45) is 0 Å². The smallest absolute Gasteiger partial charge is 0.248 e. The van der Waals surface area contributed by atoms with Crippen molar-refractivity contribution in [3.63, 3.8) is 0 Å². The van der Waals surface area contributed by atoms with E-state index in [2.05, 4.69) is 10.3 Å². The lowest BCUT2D eigenvalue weighted by Crippen LogP contribution is -2.09. The van der Waals surface area contributed by atoms with Crippen molar-refractivity contribution in [2.75, 3.05) is 5.32 Å². The van der Waals surface area contributed by atoms with Crippen molar-refractivity contribution in [3.8, 4) is 0 Å². The molecule has 0 atom stereocenters. The minimum absolute atomic E-state index is 0.101. The van der Waals surface area contributed by atoms with E-state index in [4.69, 9.17) is 11.6 Å². The number of carbonyl (C=O) groups excluding carboxylic acids is 1. The van der Waals surface area contributed by atoms with Gasteiger partial charge in [-0.15, -0.1) is 11.3 Å². The lowest BCUT2D eigenvalue weighted by molar-refractivity contribution is -0.111. The van der Waals surface area contributed by atoms with Gasteiger partial charge in [0.2, 0.25) is 5.91 Å². The molecule has 1 N–H and O–H groups in total. The SMILES string of the molecule is O=C(/C=C/c1c(Cl)nc2sccn12)Nc1ccc(F)cc1F. The summed E-state index contributed by atoms with van der Waals surface area (Å²) in [7, 11) is 0. The number of fused-ring (bicyclic) bond motifs is 1. The van der Waals surface area contributed by atoms with Gasteiger partial charge in [-0.25, -0.2) is 13.8 Å². The van der Waals surface area contributed by atoms with Crippen LogP contribution in [0.2, 0.25) is 5.15 Å². The number of carbonyl (C=O) groups is 1. The second-order valence-electron chi connectivity index (χ2n) is 4.29. The molecule has 112 valence electrons. The van der Waals surface area contributed by atoms with Crippen molar-refractivity contribution in [3.05, 3.63) is 58.3 Å². The highest BCUT2D eigenvalue weighted by molar-refractivity contribution is 7.15. The highest BCUT2D eigenvalue weighted by Crippen LogP contribution is 2.22. The number of rotatable bonds is 3. The molecule has 0 unspecified atom stereocenters. The number of hydrogen-bond donors (Lipinski definition) is 1. The lowest BCUT2D eigenvalue weighted by Gasteiger charge is -2.03. The van der Waals surface area contributed by atoms with Gasteiger partial charge in [0.25, 0.3) is 0 Å². The third kappa shape index (κ3) is 2.86. The first-order valence-corrected chi connectivity index (χ1v) is 7.35. The Morgan fingerprint density at radius 1 is 1.41 bits per heavy atom. The average molecular weight is 340 g/mol. The number of thiazole rings is 1. The Kier molecular flexibility index (Phi) is 3.91. The van der Waals surface area contributed by atoms with Crippen LogP contribution in [0.4, 0.5) is 14.5 Å². The van der Waals surface area contributed by atoms with Crippen LogP contribution in [0.5, 0.6) is 0 Å². The van der Waals surface area contributed by atoms with Gasteiger partial charge >= 0.3 is 0 Å². The van der Waals surface area contributed by atoms with Gasteiger partial charge in [-0.3, -0.25) is 9.20 Å². The molecule has 0 radical (unpaired) electrons. The van der Waals surface area contributed by atoms with Gasteiger partial charge in [0, 0.05) is 23.7 Å². The molecule has 2 heterocycles. The number of anilines is 1. The van der Waals surface area contributed by atoms with Gasteiger partial charge in [0.05, 0.1) is 11.4 Å². The molecule has 0 aliphatic heterocycles. The van der Waals surface area contributed by atoms with Crippen LogP contribution in [0.1, 0.15) is 5.69 Å². The summed E-state index contributed by atoms with van der Waals surface area (Å²) >= 11 is 7.40. The van der Waals surface area contributed by atoms with E-state index in [1.165, 1.54) is 23.5 Å². The van der Waals surface area contributed by atoms with E-state index in [-0.39, 0.29) is 10.8 Å². The third-order valence-electron chi connectivity index (χ3n) is 2.84. The molecule has 8 heteroatoms. The van der Waals surface area contributed by atoms with E-state index in [9.17, 15) is 13.6 Å². The molecule has 1 amide bonds. The fourth-order valence-electron chi connectivity index (χ4n) is 1.85. The Balaban J connectivity index is 1.79. The topological polar surface area (TPSA) is 46.4 Å². The molecule has 1 aromatic carbocycles. The molecule has 0 aliphatic rings. The van der Waals surface area contributed by atoms with E-state index < -0.39 is 17.5 Å². The highest BCUT2D eigenvalue weighted by atomic mass is 35.5. The Bertz CT molecular complexity index is 887. The summed E-state index contributed by atoms with van der Waals surface area (Å²) in [5.41, 5.74) is 0.448. The van der Waals surface area contributed by atoms with Gasteiger partial charge in [-0.1, -0.05) is 11.6 Å². The predicted octanol–water partition coefficient (Wildman–Crippen LogP) is 3.98. The van der Waals surface area contributed by atoms with Gasteiger partial charge in [0.1, 0.15) is 11.6 Å². The first-order valence-electron chi connectivity index (χ1n) is 6.10. The van der Waals surface area contributed by atoms with Crippen molar-refractivity contribution in [1.29, 1.82) is 0 Å². The molecular formula is C14H8ClF2N3OS. The van der Waals surface area contributed by atoms with Crippen molar-refractivity contribution in [1.82, 2.24) is 9.38 Å². The number of amides is 1. The second-order valence-corrected chi connectivity index (χ2v) is 5.52. The summed E-state index contributed by atoms with van der Waals surface area (Å²) in [6.45, 7) is 0. The Morgan fingerprint density at radius 3 is 3.00 bits per heavy atom. The van der Waals surface area contributed by atoms with Gasteiger partial charge in [-0.05, 0) is 18.2 Å². The van der Waals surface area contributed by atoms with Gasteiger partial charge in [0.15, 0.2) is 10.1 Å². The molecule has 0 bridgehead atoms. The maximum atomic E-state index is 13.4. The molecule has 0 aliphatic carbocycles. The number of benzene rings is 1. The molecule has 4 nitrogen and oxygen atoms in total. The average Bonchev–Trinajstić information content (AvgIpc) is 3.00. The number of nitrogens with one attached hydrogen (secondary N) is 1.